The Balaban J connectivity index is 2.27. The van der Waals surface area contributed by atoms with Crippen LogP contribution in [0.15, 0.2) is 18.2 Å². The molecule has 1 atom stereocenters. The van der Waals surface area contributed by atoms with Gasteiger partial charge in [-0.3, -0.25) is 4.79 Å². The molecule has 0 heterocycles. The van der Waals surface area contributed by atoms with E-state index < -0.39 is 11.2 Å². The molecular weight excluding hydrogens is 413 g/mol. The predicted octanol–water partition coefficient (Wildman–Crippen LogP) is 1.91. The van der Waals surface area contributed by atoms with Gasteiger partial charge in [0.15, 0.2) is 0 Å². The maximum atomic E-state index is 11.7. The molecule has 1 unspecified atom stereocenters. The molecule has 9 nitrogen and oxygen atoms in total. The first kappa shape index (κ1) is 24.2. The Morgan fingerprint density at radius 2 is 2.11 bits per heavy atom. The van der Waals surface area contributed by atoms with Crippen molar-refractivity contribution in [1.82, 2.24) is 5.32 Å². The third kappa shape index (κ3) is 10.5. The largest absolute Gasteiger partial charge is 0.489 e. The Bertz CT molecular complexity index is 660. The van der Waals surface area contributed by atoms with Crippen molar-refractivity contribution in [2.75, 3.05) is 46.9 Å². The zero-order valence-corrected chi connectivity index (χ0v) is 17.4. The molecule has 0 fully saturated rings. The second-order valence-electron chi connectivity index (χ2n) is 6.89. The monoisotopic (exact) mass is 438 g/mol. The lowest BCUT2D eigenvalue weighted by Gasteiger charge is -2.31. The number of benzene rings is 1. The van der Waals surface area contributed by atoms with Gasteiger partial charge in [-0.1, -0.05) is 23.2 Å². The van der Waals surface area contributed by atoms with Crippen molar-refractivity contribution in [3.63, 3.8) is 0 Å². The number of amides is 1. The Morgan fingerprint density at radius 1 is 1.39 bits per heavy atom. The van der Waals surface area contributed by atoms with Gasteiger partial charge >= 0.3 is 0 Å². The van der Waals surface area contributed by atoms with E-state index in [-0.39, 0.29) is 32.0 Å². The van der Waals surface area contributed by atoms with E-state index in [2.05, 4.69) is 10.2 Å². The lowest BCUT2D eigenvalue weighted by atomic mass is 10.3. The highest BCUT2D eigenvalue weighted by atomic mass is 35.5. The van der Waals surface area contributed by atoms with Gasteiger partial charge in [-0.25, -0.2) is 0 Å². The normalized spacial score (nSPS) is 12.3. The molecule has 0 saturated carbocycles. The van der Waals surface area contributed by atoms with Crippen LogP contribution in [0.4, 0.5) is 0 Å². The number of quaternary nitrogens is 1. The number of ether oxygens (including phenoxy) is 1. The van der Waals surface area contributed by atoms with Crippen molar-refractivity contribution in [2.45, 2.75) is 18.9 Å². The molecule has 2 N–H and O–H groups in total. The van der Waals surface area contributed by atoms with E-state index in [1.54, 1.807) is 18.2 Å². The average Bonchev–Trinajstić information content (AvgIpc) is 2.58. The van der Waals surface area contributed by atoms with Crippen LogP contribution in [-0.2, 0) is 9.63 Å². The molecular formula is C17H26Cl2N3O6+. The van der Waals surface area contributed by atoms with Gasteiger partial charge in [0, 0.05) is 17.5 Å². The van der Waals surface area contributed by atoms with Gasteiger partial charge < -0.3 is 24.5 Å². The van der Waals surface area contributed by atoms with Crippen molar-refractivity contribution < 1.29 is 29.0 Å². The van der Waals surface area contributed by atoms with Gasteiger partial charge in [-0.2, -0.15) is 0 Å². The summed E-state index contributed by atoms with van der Waals surface area (Å²) in [7, 11) is 3.85. The molecule has 1 rings (SSSR count). The molecule has 28 heavy (non-hydrogen) atoms. The van der Waals surface area contributed by atoms with E-state index >= 15 is 0 Å². The van der Waals surface area contributed by atoms with E-state index in [0.717, 1.165) is 0 Å². The molecule has 158 valence electrons. The summed E-state index contributed by atoms with van der Waals surface area (Å²) in [5.74, 6) is 0.207. The van der Waals surface area contributed by atoms with Crippen LogP contribution in [0, 0.1) is 10.1 Å². The summed E-state index contributed by atoms with van der Waals surface area (Å²) in [6, 6.07) is 4.86. The minimum Gasteiger partial charge on any atom is -0.489 e. The molecule has 1 amide bonds. The number of carbonyl (C=O) groups excluding carboxylic acids is 1. The number of nitrogens with zero attached hydrogens (tertiary/aromatic N) is 2. The molecule has 1 aromatic carbocycles. The van der Waals surface area contributed by atoms with Crippen molar-refractivity contribution in [2.24, 2.45) is 0 Å². The SMILES string of the molecule is C[N+](C)(CCNC(=O)CCCO[N+](=O)[O-])CC(O)COc1cc(Cl)ccc1Cl. The molecule has 0 aliphatic carbocycles. The molecule has 0 saturated heterocycles. The van der Waals surface area contributed by atoms with Gasteiger partial charge in [0.05, 0.1) is 38.8 Å². The van der Waals surface area contributed by atoms with E-state index in [4.69, 9.17) is 27.9 Å². The molecule has 0 aliphatic heterocycles. The van der Waals surface area contributed by atoms with E-state index in [1.165, 1.54) is 0 Å². The Labute approximate surface area is 173 Å². The number of carbonyl (C=O) groups is 1. The van der Waals surface area contributed by atoms with Crippen molar-refractivity contribution in [1.29, 1.82) is 0 Å². The minimum atomic E-state index is -0.882. The Morgan fingerprint density at radius 3 is 2.79 bits per heavy atom. The standard InChI is InChI=1S/C17H25Cl2N3O6/c1-22(2,8-7-20-17(24)4-3-9-28-21(25)26)11-14(23)12-27-16-10-13(18)5-6-15(16)19/h5-6,10,14,23H,3-4,7-9,11-12H2,1-2H3/p+1. The minimum absolute atomic E-state index is 0.0601. The summed E-state index contributed by atoms with van der Waals surface area (Å²) in [6.45, 7) is 1.36. The van der Waals surface area contributed by atoms with Gasteiger partial charge in [-0.15, -0.1) is 10.1 Å². The maximum Gasteiger partial charge on any atom is 0.294 e. The number of halogens is 2. The van der Waals surface area contributed by atoms with Crippen LogP contribution in [0.5, 0.6) is 5.75 Å². The lowest BCUT2D eigenvalue weighted by Crippen LogP contribution is -2.50. The molecule has 11 heteroatoms. The van der Waals surface area contributed by atoms with Crippen molar-refractivity contribution in [3.05, 3.63) is 38.4 Å². The van der Waals surface area contributed by atoms with Crippen LogP contribution in [-0.4, -0.2) is 73.6 Å². The zero-order chi connectivity index (χ0) is 21.2. The molecule has 0 aromatic heterocycles. The highest BCUT2D eigenvalue weighted by Crippen LogP contribution is 2.27. The first-order chi connectivity index (χ1) is 13.1. The topological polar surface area (TPSA) is 111 Å². The predicted molar refractivity (Wildman–Crippen MR) is 105 cm³/mol. The van der Waals surface area contributed by atoms with Gasteiger partial charge in [0.2, 0.25) is 5.91 Å². The summed E-state index contributed by atoms with van der Waals surface area (Å²) >= 11 is 11.9. The second-order valence-corrected chi connectivity index (χ2v) is 7.74. The number of likely N-dealkylation sites (N-methyl/N-ethyl adjacent to an activating group) is 1. The fraction of sp³-hybridized carbons (Fsp3) is 0.588. The first-order valence-corrected chi connectivity index (χ1v) is 9.46. The third-order valence-electron chi connectivity index (χ3n) is 3.81. The van der Waals surface area contributed by atoms with E-state index in [1.807, 2.05) is 14.1 Å². The van der Waals surface area contributed by atoms with E-state index in [9.17, 15) is 20.0 Å². The molecule has 0 bridgehead atoms. The number of hydrogen-bond acceptors (Lipinski definition) is 6. The Kier molecular flexibility index (Phi) is 10.3. The van der Waals surface area contributed by atoms with Gasteiger partial charge in [0.1, 0.15) is 25.0 Å². The Hall–Kier alpha value is -1.81. The summed E-state index contributed by atoms with van der Waals surface area (Å²) in [5.41, 5.74) is 0. The van der Waals surface area contributed by atoms with Crippen LogP contribution in [0.3, 0.4) is 0 Å². The highest BCUT2D eigenvalue weighted by Gasteiger charge is 2.21. The second kappa shape index (κ2) is 11.9. The van der Waals surface area contributed by atoms with Gasteiger partial charge in [-0.05, 0) is 18.6 Å². The summed E-state index contributed by atoms with van der Waals surface area (Å²) in [5, 5.41) is 23.0. The fourth-order valence-electron chi connectivity index (χ4n) is 2.45. The van der Waals surface area contributed by atoms with Crippen LogP contribution >= 0.6 is 23.2 Å². The zero-order valence-electron chi connectivity index (χ0n) is 15.9. The fourth-order valence-corrected chi connectivity index (χ4v) is 2.78. The summed E-state index contributed by atoms with van der Waals surface area (Å²) in [4.78, 5) is 25.8. The number of aliphatic hydroxyl groups excluding tert-OH is 1. The smallest absolute Gasteiger partial charge is 0.294 e. The average molecular weight is 439 g/mol. The van der Waals surface area contributed by atoms with Crippen LogP contribution < -0.4 is 10.1 Å². The number of nitrogens with one attached hydrogen (secondary N) is 1. The number of hydrogen-bond donors (Lipinski definition) is 2. The number of rotatable bonds is 13. The molecule has 0 aliphatic rings. The van der Waals surface area contributed by atoms with Crippen LogP contribution in [0.2, 0.25) is 10.0 Å². The van der Waals surface area contributed by atoms with Gasteiger partial charge in [0.25, 0.3) is 5.09 Å². The molecule has 0 radical (unpaired) electrons. The van der Waals surface area contributed by atoms with Crippen molar-refractivity contribution in [3.8, 4) is 5.75 Å². The lowest BCUT2D eigenvalue weighted by molar-refractivity contribution is -0.892. The highest BCUT2D eigenvalue weighted by molar-refractivity contribution is 6.34. The van der Waals surface area contributed by atoms with Crippen LogP contribution in [0.1, 0.15) is 12.8 Å². The maximum absolute atomic E-state index is 11.7. The molecule has 1 aromatic rings. The van der Waals surface area contributed by atoms with Crippen molar-refractivity contribution >= 4 is 29.1 Å². The van der Waals surface area contributed by atoms with E-state index in [0.29, 0.717) is 39.9 Å². The molecule has 0 spiro atoms. The first-order valence-electron chi connectivity index (χ1n) is 8.71. The quantitative estimate of drug-likeness (QED) is 0.210. The third-order valence-corrected chi connectivity index (χ3v) is 4.36. The summed E-state index contributed by atoms with van der Waals surface area (Å²) in [6.07, 6.45) is -0.314. The number of aliphatic hydroxyl groups is 1. The summed E-state index contributed by atoms with van der Waals surface area (Å²) < 4.78 is 5.99. The van der Waals surface area contributed by atoms with Crippen LogP contribution in [0.25, 0.3) is 0 Å².